The molecule has 0 aliphatic heterocycles. The van der Waals surface area contributed by atoms with Crippen LogP contribution in [0.15, 0.2) is 52.4 Å². The molecule has 6 nitrogen and oxygen atoms in total. The van der Waals surface area contributed by atoms with Gasteiger partial charge in [-0.25, -0.2) is 4.98 Å². The van der Waals surface area contributed by atoms with Gasteiger partial charge in [-0.3, -0.25) is 14.2 Å². The average molecular weight is 421 g/mol. The fraction of sp³-hybridized carbons (Fsp3) is 0.304. The summed E-state index contributed by atoms with van der Waals surface area (Å²) in [6.45, 7) is 6.10. The van der Waals surface area contributed by atoms with Crippen molar-refractivity contribution in [1.29, 1.82) is 5.26 Å². The Kier molecular flexibility index (Phi) is 6.58. The van der Waals surface area contributed by atoms with Gasteiger partial charge in [0.15, 0.2) is 5.16 Å². The first-order valence-corrected chi connectivity index (χ1v) is 10.6. The minimum atomic E-state index is -0.460. The molecule has 1 atom stereocenters. The van der Waals surface area contributed by atoms with Crippen LogP contribution in [0, 0.1) is 25.2 Å². The molecule has 3 rings (SSSR count). The molecule has 0 unspecified atom stereocenters. The maximum absolute atomic E-state index is 13.4. The summed E-state index contributed by atoms with van der Waals surface area (Å²) in [4.78, 5) is 32.4. The lowest BCUT2D eigenvalue weighted by molar-refractivity contribution is -0.128. The normalized spacial score (nSPS) is 11.8. The number of carbonyl (C=O) groups excluding carboxylic acids is 1. The number of carbonyl (C=O) groups is 1. The highest BCUT2D eigenvalue weighted by Gasteiger charge is 2.23. The average Bonchev–Trinajstić information content (AvgIpc) is 2.73. The fourth-order valence-electron chi connectivity index (χ4n) is 3.21. The molecule has 0 N–H and O–H groups in total. The van der Waals surface area contributed by atoms with Crippen molar-refractivity contribution in [3.8, 4) is 11.8 Å². The number of benzene rings is 2. The molecule has 1 amide bonds. The minimum absolute atomic E-state index is 0.106. The van der Waals surface area contributed by atoms with Crippen LogP contribution in [0.2, 0.25) is 0 Å². The van der Waals surface area contributed by atoms with Gasteiger partial charge in [0, 0.05) is 13.6 Å². The lowest BCUT2D eigenvalue weighted by Crippen LogP contribution is -2.34. The summed E-state index contributed by atoms with van der Waals surface area (Å²) in [6.07, 6.45) is 0.279. The van der Waals surface area contributed by atoms with Crippen molar-refractivity contribution >= 4 is 28.6 Å². The van der Waals surface area contributed by atoms with E-state index < -0.39 is 5.25 Å². The van der Waals surface area contributed by atoms with E-state index in [4.69, 9.17) is 10.2 Å². The maximum Gasteiger partial charge on any atom is 0.266 e. The largest absolute Gasteiger partial charge is 0.344 e. The number of fused-ring (bicyclic) bond motifs is 1. The number of thioether (sulfide) groups is 1. The zero-order chi connectivity index (χ0) is 21.8. The Labute approximate surface area is 180 Å². The Morgan fingerprint density at radius 3 is 2.73 bits per heavy atom. The van der Waals surface area contributed by atoms with Crippen molar-refractivity contribution in [1.82, 2.24) is 14.5 Å². The van der Waals surface area contributed by atoms with Crippen LogP contribution in [0.25, 0.3) is 16.6 Å². The number of rotatable bonds is 6. The Morgan fingerprint density at radius 2 is 2.00 bits per heavy atom. The van der Waals surface area contributed by atoms with E-state index >= 15 is 0 Å². The third-order valence-electron chi connectivity index (χ3n) is 4.92. The highest BCUT2D eigenvalue weighted by atomic mass is 32.2. The van der Waals surface area contributed by atoms with E-state index in [1.165, 1.54) is 11.8 Å². The molecule has 30 heavy (non-hydrogen) atoms. The van der Waals surface area contributed by atoms with Gasteiger partial charge in [-0.1, -0.05) is 36.0 Å². The van der Waals surface area contributed by atoms with Crippen molar-refractivity contribution in [2.75, 3.05) is 13.6 Å². The molecule has 0 fully saturated rings. The number of aryl methyl sites for hydroxylation is 2. The quantitative estimate of drug-likeness (QED) is 0.447. The van der Waals surface area contributed by atoms with E-state index in [9.17, 15) is 9.59 Å². The monoisotopic (exact) mass is 420 g/mol. The van der Waals surface area contributed by atoms with Crippen LogP contribution in [-0.4, -0.2) is 39.2 Å². The van der Waals surface area contributed by atoms with Gasteiger partial charge in [0.2, 0.25) is 5.91 Å². The zero-order valence-electron chi connectivity index (χ0n) is 17.5. The van der Waals surface area contributed by atoms with E-state index in [1.54, 1.807) is 35.6 Å². The Morgan fingerprint density at radius 1 is 1.27 bits per heavy atom. The molecule has 1 heterocycles. The third-order valence-corrected chi connectivity index (χ3v) is 5.96. The Bertz CT molecular complexity index is 1200. The molecule has 0 aliphatic carbocycles. The van der Waals surface area contributed by atoms with E-state index in [1.807, 2.05) is 44.2 Å². The molecule has 154 valence electrons. The number of hydrogen-bond donors (Lipinski definition) is 0. The van der Waals surface area contributed by atoms with E-state index in [0.29, 0.717) is 22.6 Å². The Hall–Kier alpha value is -3.11. The molecule has 0 radical (unpaired) electrons. The minimum Gasteiger partial charge on any atom is -0.344 e. The second-order valence-corrected chi connectivity index (χ2v) is 8.58. The molecular formula is C23H24N4O2S. The third kappa shape index (κ3) is 4.39. The summed E-state index contributed by atoms with van der Waals surface area (Å²) in [6, 6.07) is 15.2. The lowest BCUT2D eigenvalue weighted by atomic mass is 10.1. The van der Waals surface area contributed by atoms with Gasteiger partial charge in [0.1, 0.15) is 0 Å². The van der Waals surface area contributed by atoms with Crippen molar-refractivity contribution in [2.45, 2.75) is 37.6 Å². The molecule has 0 spiro atoms. The predicted octanol–water partition coefficient (Wildman–Crippen LogP) is 3.86. The first-order chi connectivity index (χ1) is 14.3. The van der Waals surface area contributed by atoms with Crippen LogP contribution < -0.4 is 5.56 Å². The first kappa shape index (κ1) is 21.6. The molecular weight excluding hydrogens is 396 g/mol. The highest BCUT2D eigenvalue weighted by molar-refractivity contribution is 8.00. The fourth-order valence-corrected chi connectivity index (χ4v) is 4.25. The van der Waals surface area contributed by atoms with Crippen molar-refractivity contribution in [2.24, 2.45) is 0 Å². The molecule has 3 aromatic rings. The van der Waals surface area contributed by atoms with Crippen molar-refractivity contribution < 1.29 is 4.79 Å². The highest BCUT2D eigenvalue weighted by Crippen LogP contribution is 2.27. The van der Waals surface area contributed by atoms with Gasteiger partial charge in [-0.2, -0.15) is 5.26 Å². The summed E-state index contributed by atoms with van der Waals surface area (Å²) in [5, 5.41) is 9.32. The number of nitriles is 1. The van der Waals surface area contributed by atoms with E-state index in [0.717, 1.165) is 16.8 Å². The summed E-state index contributed by atoms with van der Waals surface area (Å²) in [5.74, 6) is -0.106. The summed E-state index contributed by atoms with van der Waals surface area (Å²) in [5.41, 5.74) is 3.19. The van der Waals surface area contributed by atoms with Crippen LogP contribution in [0.4, 0.5) is 0 Å². The molecule has 0 saturated carbocycles. The number of nitrogens with zero attached hydrogens (tertiary/aromatic N) is 4. The number of aromatic nitrogens is 2. The van der Waals surface area contributed by atoms with E-state index in [-0.39, 0.29) is 17.9 Å². The van der Waals surface area contributed by atoms with Crippen LogP contribution in [-0.2, 0) is 4.79 Å². The van der Waals surface area contributed by atoms with Gasteiger partial charge in [0.05, 0.1) is 34.3 Å². The molecule has 2 aromatic carbocycles. The van der Waals surface area contributed by atoms with Gasteiger partial charge >= 0.3 is 0 Å². The Balaban J connectivity index is 2.12. The lowest BCUT2D eigenvalue weighted by Gasteiger charge is -2.21. The van der Waals surface area contributed by atoms with Crippen LogP contribution in [0.3, 0.4) is 0 Å². The van der Waals surface area contributed by atoms with Crippen molar-refractivity contribution in [3.63, 3.8) is 0 Å². The van der Waals surface area contributed by atoms with Crippen LogP contribution in [0.1, 0.15) is 24.5 Å². The van der Waals surface area contributed by atoms with Crippen molar-refractivity contribution in [3.05, 3.63) is 63.9 Å². The van der Waals surface area contributed by atoms with Gasteiger partial charge in [-0.15, -0.1) is 0 Å². The van der Waals surface area contributed by atoms with Crippen LogP contribution in [0.5, 0.6) is 0 Å². The second kappa shape index (κ2) is 9.14. The predicted molar refractivity (Wildman–Crippen MR) is 120 cm³/mol. The summed E-state index contributed by atoms with van der Waals surface area (Å²) >= 11 is 1.26. The number of hydrogen-bond acceptors (Lipinski definition) is 5. The maximum atomic E-state index is 13.4. The first-order valence-electron chi connectivity index (χ1n) is 9.71. The van der Waals surface area contributed by atoms with Gasteiger partial charge in [-0.05, 0) is 50.1 Å². The zero-order valence-corrected chi connectivity index (χ0v) is 18.4. The number of amides is 1. The van der Waals surface area contributed by atoms with E-state index in [2.05, 4.69) is 6.07 Å². The standard InChI is InChI=1S/C23H24N4O2S/c1-15-10-11-16(2)20(14-15)27-22(29)18-8-5-6-9-19(18)25-23(27)30-17(3)21(28)26(4)13-7-12-24/h5-6,8-11,14,17H,7,13H2,1-4H3/t17-/m0/s1. The molecule has 7 heteroatoms. The number of para-hydroxylation sites is 1. The molecule has 0 bridgehead atoms. The smallest absolute Gasteiger partial charge is 0.266 e. The van der Waals surface area contributed by atoms with Crippen LogP contribution >= 0.6 is 11.8 Å². The summed E-state index contributed by atoms with van der Waals surface area (Å²) in [7, 11) is 1.68. The van der Waals surface area contributed by atoms with Gasteiger partial charge < -0.3 is 4.90 Å². The molecule has 0 saturated heterocycles. The van der Waals surface area contributed by atoms with Gasteiger partial charge in [0.25, 0.3) is 5.56 Å². The summed E-state index contributed by atoms with van der Waals surface area (Å²) < 4.78 is 1.61. The molecule has 1 aromatic heterocycles. The second-order valence-electron chi connectivity index (χ2n) is 7.27. The SMILES string of the molecule is Cc1ccc(C)c(-n2c(S[C@@H](C)C(=O)N(C)CCC#N)nc3ccccc3c2=O)c1. The topological polar surface area (TPSA) is 79.0 Å². The molecule has 0 aliphatic rings.